The zero-order chi connectivity index (χ0) is 17.5. The van der Waals surface area contributed by atoms with Gasteiger partial charge in [-0.1, -0.05) is 48.2 Å². The number of para-hydroxylation sites is 1. The SMILES string of the molecule is O=c1c2ccccc2nc2c3ccccc3c(SCc3ccco3)nn12. The van der Waals surface area contributed by atoms with Crippen molar-refractivity contribution in [3.05, 3.63) is 83.0 Å². The second kappa shape index (κ2) is 6.00. The lowest BCUT2D eigenvalue weighted by Crippen LogP contribution is -2.18. The van der Waals surface area contributed by atoms with Crippen LogP contribution in [0.2, 0.25) is 0 Å². The summed E-state index contributed by atoms with van der Waals surface area (Å²) in [4.78, 5) is 17.6. The smallest absolute Gasteiger partial charge is 0.282 e. The van der Waals surface area contributed by atoms with E-state index in [1.54, 1.807) is 24.1 Å². The molecule has 0 saturated heterocycles. The fraction of sp³-hybridized carbons (Fsp3) is 0.0500. The minimum Gasteiger partial charge on any atom is -0.468 e. The largest absolute Gasteiger partial charge is 0.468 e. The van der Waals surface area contributed by atoms with Crippen LogP contribution < -0.4 is 5.56 Å². The highest BCUT2D eigenvalue weighted by atomic mass is 32.2. The zero-order valence-corrected chi connectivity index (χ0v) is 14.4. The molecule has 5 aromatic rings. The van der Waals surface area contributed by atoms with E-state index in [4.69, 9.17) is 9.40 Å². The molecule has 0 aliphatic rings. The van der Waals surface area contributed by atoms with Gasteiger partial charge in [0.25, 0.3) is 5.56 Å². The van der Waals surface area contributed by atoms with E-state index in [2.05, 4.69) is 5.10 Å². The van der Waals surface area contributed by atoms with Gasteiger partial charge in [0.1, 0.15) is 10.8 Å². The van der Waals surface area contributed by atoms with E-state index in [1.807, 2.05) is 54.6 Å². The van der Waals surface area contributed by atoms with Gasteiger partial charge in [-0.3, -0.25) is 4.79 Å². The Morgan fingerprint density at radius 3 is 2.50 bits per heavy atom. The molecule has 3 heterocycles. The molecule has 3 aromatic heterocycles. The van der Waals surface area contributed by atoms with Gasteiger partial charge in [-0.2, -0.15) is 9.61 Å². The zero-order valence-electron chi connectivity index (χ0n) is 13.6. The molecule has 0 aliphatic heterocycles. The molecule has 0 radical (unpaired) electrons. The summed E-state index contributed by atoms with van der Waals surface area (Å²) in [6.07, 6.45) is 1.66. The Labute approximate surface area is 152 Å². The maximum absolute atomic E-state index is 12.9. The Hall–Kier alpha value is -3.12. The highest BCUT2D eigenvalue weighted by Crippen LogP contribution is 2.30. The van der Waals surface area contributed by atoms with Crippen LogP contribution in [0.1, 0.15) is 5.76 Å². The first kappa shape index (κ1) is 15.2. The second-order valence-corrected chi connectivity index (χ2v) is 6.85. The predicted molar refractivity (Wildman–Crippen MR) is 103 cm³/mol. The summed E-state index contributed by atoms with van der Waals surface area (Å²) in [5.74, 6) is 1.51. The molecule has 5 rings (SSSR count). The molecule has 0 N–H and O–H groups in total. The van der Waals surface area contributed by atoms with Crippen molar-refractivity contribution in [1.82, 2.24) is 14.6 Å². The van der Waals surface area contributed by atoms with Gasteiger partial charge in [-0.15, -0.1) is 0 Å². The quantitative estimate of drug-likeness (QED) is 0.273. The monoisotopic (exact) mass is 359 g/mol. The van der Waals surface area contributed by atoms with Crippen molar-refractivity contribution in [1.29, 1.82) is 0 Å². The van der Waals surface area contributed by atoms with E-state index in [1.165, 1.54) is 4.52 Å². The molecule has 0 saturated carbocycles. The second-order valence-electron chi connectivity index (χ2n) is 5.89. The molecule has 0 aliphatic carbocycles. The number of nitrogens with zero attached hydrogens (tertiary/aromatic N) is 3. The summed E-state index contributed by atoms with van der Waals surface area (Å²) in [5, 5.41) is 7.85. The predicted octanol–water partition coefficient (Wildman–Crippen LogP) is 4.28. The molecule has 5 nitrogen and oxygen atoms in total. The third-order valence-electron chi connectivity index (χ3n) is 4.27. The summed E-state index contributed by atoms with van der Waals surface area (Å²) < 4.78 is 6.82. The average molecular weight is 359 g/mol. The average Bonchev–Trinajstić information content (AvgIpc) is 3.20. The molecule has 26 heavy (non-hydrogen) atoms. The number of rotatable bonds is 3. The van der Waals surface area contributed by atoms with Crippen molar-refractivity contribution in [3.8, 4) is 0 Å². The van der Waals surface area contributed by atoms with Gasteiger partial charge in [-0.05, 0) is 24.3 Å². The fourth-order valence-electron chi connectivity index (χ4n) is 3.04. The maximum atomic E-state index is 12.9. The molecule has 0 unspecified atom stereocenters. The lowest BCUT2D eigenvalue weighted by molar-refractivity contribution is 0.530. The van der Waals surface area contributed by atoms with Crippen molar-refractivity contribution in [2.75, 3.05) is 0 Å². The van der Waals surface area contributed by atoms with Crippen LogP contribution in [0.3, 0.4) is 0 Å². The van der Waals surface area contributed by atoms with E-state index in [9.17, 15) is 4.79 Å². The topological polar surface area (TPSA) is 60.4 Å². The number of hydrogen-bond acceptors (Lipinski definition) is 5. The Kier molecular flexibility index (Phi) is 3.50. The highest BCUT2D eigenvalue weighted by Gasteiger charge is 2.14. The van der Waals surface area contributed by atoms with Crippen LogP contribution in [0, 0.1) is 0 Å². The van der Waals surface area contributed by atoms with Gasteiger partial charge in [0, 0.05) is 10.8 Å². The highest BCUT2D eigenvalue weighted by molar-refractivity contribution is 7.98. The molecule has 0 bridgehead atoms. The lowest BCUT2D eigenvalue weighted by atomic mass is 10.2. The lowest BCUT2D eigenvalue weighted by Gasteiger charge is -2.10. The van der Waals surface area contributed by atoms with Crippen molar-refractivity contribution in [2.24, 2.45) is 0 Å². The first-order valence-corrected chi connectivity index (χ1v) is 9.15. The van der Waals surface area contributed by atoms with E-state index in [-0.39, 0.29) is 5.56 Å². The van der Waals surface area contributed by atoms with Crippen LogP contribution in [-0.2, 0) is 5.75 Å². The molecule has 126 valence electrons. The molecule has 0 amide bonds. The van der Waals surface area contributed by atoms with Gasteiger partial charge >= 0.3 is 0 Å². The summed E-state index contributed by atoms with van der Waals surface area (Å²) in [6.45, 7) is 0. The van der Waals surface area contributed by atoms with Gasteiger partial charge in [0.05, 0.1) is 22.9 Å². The van der Waals surface area contributed by atoms with E-state index in [0.29, 0.717) is 22.3 Å². The Morgan fingerprint density at radius 2 is 1.69 bits per heavy atom. The normalized spacial score (nSPS) is 11.5. The van der Waals surface area contributed by atoms with Crippen molar-refractivity contribution >= 4 is 39.1 Å². The van der Waals surface area contributed by atoms with E-state index >= 15 is 0 Å². The van der Waals surface area contributed by atoms with Crippen molar-refractivity contribution < 1.29 is 4.42 Å². The summed E-state index contributed by atoms with van der Waals surface area (Å²) in [5.41, 5.74) is 1.10. The van der Waals surface area contributed by atoms with Crippen LogP contribution in [0.25, 0.3) is 27.3 Å². The van der Waals surface area contributed by atoms with Crippen molar-refractivity contribution in [3.63, 3.8) is 0 Å². The number of aromatic nitrogens is 3. The van der Waals surface area contributed by atoms with Gasteiger partial charge < -0.3 is 4.42 Å². The standard InChI is InChI=1S/C20H13N3O2S/c24-20-16-9-3-4-10-17(16)21-18-14-7-1-2-8-15(14)19(22-23(18)20)26-12-13-6-5-11-25-13/h1-11H,12H2. The van der Waals surface area contributed by atoms with Crippen LogP contribution in [0.15, 0.2) is 81.2 Å². The Morgan fingerprint density at radius 1 is 0.923 bits per heavy atom. The number of furan rings is 1. The molecule has 0 atom stereocenters. The number of benzene rings is 2. The summed E-state index contributed by atoms with van der Waals surface area (Å²) in [6, 6.07) is 19.0. The van der Waals surface area contributed by atoms with E-state index < -0.39 is 0 Å². The van der Waals surface area contributed by atoms with Crippen LogP contribution in [-0.4, -0.2) is 14.6 Å². The minimum atomic E-state index is -0.156. The summed E-state index contributed by atoms with van der Waals surface area (Å²) >= 11 is 1.54. The molecule has 0 fully saturated rings. The van der Waals surface area contributed by atoms with Crippen LogP contribution in [0.4, 0.5) is 0 Å². The first-order chi connectivity index (χ1) is 12.8. The molecule has 0 spiro atoms. The van der Waals surface area contributed by atoms with Gasteiger partial charge in [0.2, 0.25) is 0 Å². The fourth-order valence-corrected chi connectivity index (χ4v) is 3.96. The molecule has 2 aromatic carbocycles. The molecular formula is C20H13N3O2S. The maximum Gasteiger partial charge on any atom is 0.282 e. The Balaban J connectivity index is 1.80. The molecule has 6 heteroatoms. The van der Waals surface area contributed by atoms with Crippen LogP contribution in [0.5, 0.6) is 0 Å². The Bertz CT molecular complexity index is 1310. The van der Waals surface area contributed by atoms with Crippen molar-refractivity contribution in [2.45, 2.75) is 10.8 Å². The first-order valence-electron chi connectivity index (χ1n) is 8.17. The molecular weight excluding hydrogens is 346 g/mol. The number of hydrogen-bond donors (Lipinski definition) is 0. The van der Waals surface area contributed by atoms with E-state index in [0.717, 1.165) is 21.6 Å². The third kappa shape index (κ3) is 2.38. The van der Waals surface area contributed by atoms with Crippen LogP contribution >= 0.6 is 11.8 Å². The van der Waals surface area contributed by atoms with Gasteiger partial charge in [-0.25, -0.2) is 4.98 Å². The summed E-state index contributed by atoms with van der Waals surface area (Å²) in [7, 11) is 0. The minimum absolute atomic E-state index is 0.156. The number of fused-ring (bicyclic) bond motifs is 4. The van der Waals surface area contributed by atoms with Gasteiger partial charge in [0.15, 0.2) is 5.65 Å². The number of thioether (sulfide) groups is 1. The third-order valence-corrected chi connectivity index (χ3v) is 5.28.